The number of rotatable bonds is 10. The second-order valence-corrected chi connectivity index (χ2v) is 8.50. The van der Waals surface area contributed by atoms with Gasteiger partial charge in [0, 0.05) is 13.1 Å². The highest BCUT2D eigenvalue weighted by Crippen LogP contribution is 2.46. The van der Waals surface area contributed by atoms with Crippen LogP contribution in [0.15, 0.2) is 35.9 Å². The van der Waals surface area contributed by atoms with E-state index in [2.05, 4.69) is 4.90 Å². The lowest BCUT2D eigenvalue weighted by atomic mass is 9.94. The molecule has 9 heteroatoms. The van der Waals surface area contributed by atoms with Crippen LogP contribution in [0.2, 0.25) is 0 Å². The van der Waals surface area contributed by atoms with Gasteiger partial charge in [-0.05, 0) is 49.8 Å². The molecule has 0 radical (unpaired) electrons. The zero-order chi connectivity index (χ0) is 26.6. The van der Waals surface area contributed by atoms with E-state index in [0.29, 0.717) is 29.4 Å². The van der Waals surface area contributed by atoms with Crippen molar-refractivity contribution in [3.8, 4) is 23.0 Å². The number of ketones is 1. The average molecular weight is 499 g/mol. The molecule has 36 heavy (non-hydrogen) atoms. The minimum absolute atomic E-state index is 0.0779. The molecule has 0 aliphatic carbocycles. The van der Waals surface area contributed by atoms with Crippen LogP contribution in [0.1, 0.15) is 36.6 Å². The molecule has 0 spiro atoms. The molecule has 1 fully saturated rings. The van der Waals surface area contributed by atoms with E-state index >= 15 is 0 Å². The van der Waals surface area contributed by atoms with Gasteiger partial charge in [0.15, 0.2) is 11.5 Å². The third kappa shape index (κ3) is 4.97. The Hall–Kier alpha value is -3.72. The molecule has 9 nitrogen and oxygen atoms in total. The van der Waals surface area contributed by atoms with E-state index in [4.69, 9.17) is 14.2 Å². The second kappa shape index (κ2) is 11.3. The third-order valence-electron chi connectivity index (χ3n) is 6.50. The zero-order valence-electron chi connectivity index (χ0n) is 21.6. The third-order valence-corrected chi connectivity index (χ3v) is 6.50. The fourth-order valence-electron chi connectivity index (χ4n) is 4.49. The molecule has 0 aromatic heterocycles. The van der Waals surface area contributed by atoms with E-state index in [1.54, 1.807) is 31.2 Å². The summed E-state index contributed by atoms with van der Waals surface area (Å²) in [6.45, 7) is 8.21. The van der Waals surface area contributed by atoms with Crippen LogP contribution in [-0.4, -0.2) is 79.2 Å². The molecule has 0 bridgehead atoms. The van der Waals surface area contributed by atoms with Gasteiger partial charge < -0.3 is 34.2 Å². The number of Topliss-reactive ketones (excluding diaryl/α,β-unsaturated/α-hetero) is 1. The number of aromatic hydroxyl groups is 1. The molecule has 0 saturated carbocycles. The molecule has 2 N–H and O–H groups in total. The molecule has 2 aromatic carbocycles. The van der Waals surface area contributed by atoms with Crippen molar-refractivity contribution in [1.82, 2.24) is 9.80 Å². The lowest BCUT2D eigenvalue weighted by Crippen LogP contribution is -2.38. The van der Waals surface area contributed by atoms with Crippen molar-refractivity contribution < 1.29 is 34.0 Å². The maximum Gasteiger partial charge on any atom is 0.295 e. The highest BCUT2D eigenvalue weighted by molar-refractivity contribution is 6.46. The van der Waals surface area contributed by atoms with Gasteiger partial charge in [-0.1, -0.05) is 25.5 Å². The SMILES string of the molecule is CCN(CC)CCN1C(=O)C(=O)C(=C(O)c2cc(C)ccc2O)C1c1cc(OC)c(OC)c(OC)c1. The molecule has 1 saturated heterocycles. The highest BCUT2D eigenvalue weighted by Gasteiger charge is 2.46. The van der Waals surface area contributed by atoms with Crippen molar-refractivity contribution in [2.45, 2.75) is 26.8 Å². The van der Waals surface area contributed by atoms with Crippen LogP contribution in [-0.2, 0) is 9.59 Å². The number of ether oxygens (including phenoxy) is 3. The first-order valence-corrected chi connectivity index (χ1v) is 11.8. The van der Waals surface area contributed by atoms with Crippen molar-refractivity contribution >= 4 is 17.4 Å². The van der Waals surface area contributed by atoms with E-state index in [1.807, 2.05) is 13.8 Å². The number of phenolic OH excluding ortho intramolecular Hbond substituents is 1. The molecule has 194 valence electrons. The van der Waals surface area contributed by atoms with Crippen LogP contribution in [0.3, 0.4) is 0 Å². The first kappa shape index (κ1) is 26.9. The number of benzene rings is 2. The van der Waals surface area contributed by atoms with Crippen LogP contribution in [0.5, 0.6) is 23.0 Å². The van der Waals surface area contributed by atoms with E-state index in [-0.39, 0.29) is 23.4 Å². The van der Waals surface area contributed by atoms with Gasteiger partial charge in [0.25, 0.3) is 11.7 Å². The number of carbonyl (C=O) groups is 2. The number of nitrogens with zero attached hydrogens (tertiary/aromatic N) is 2. The van der Waals surface area contributed by atoms with Gasteiger partial charge in [-0.2, -0.15) is 0 Å². The molecule has 1 atom stereocenters. The van der Waals surface area contributed by atoms with Crippen molar-refractivity contribution in [1.29, 1.82) is 0 Å². The fraction of sp³-hybridized carbons (Fsp3) is 0.407. The molecule has 2 aromatic rings. The number of carbonyl (C=O) groups excluding carboxylic acids is 2. The Morgan fingerprint density at radius 1 is 1.00 bits per heavy atom. The van der Waals surface area contributed by atoms with Gasteiger partial charge in [0.2, 0.25) is 5.75 Å². The zero-order valence-corrected chi connectivity index (χ0v) is 21.6. The molecule has 1 heterocycles. The Morgan fingerprint density at radius 3 is 2.14 bits per heavy atom. The summed E-state index contributed by atoms with van der Waals surface area (Å²) in [5, 5.41) is 21.8. The molecular weight excluding hydrogens is 464 g/mol. The van der Waals surface area contributed by atoms with Crippen molar-refractivity contribution in [3.63, 3.8) is 0 Å². The van der Waals surface area contributed by atoms with Gasteiger partial charge >= 0.3 is 0 Å². The molecule has 1 amide bonds. The summed E-state index contributed by atoms with van der Waals surface area (Å²) in [6, 6.07) is 7.08. The van der Waals surface area contributed by atoms with Crippen molar-refractivity contribution in [2.24, 2.45) is 0 Å². The minimum Gasteiger partial charge on any atom is -0.507 e. The average Bonchev–Trinajstić information content (AvgIpc) is 3.14. The maximum absolute atomic E-state index is 13.3. The number of aliphatic hydroxyl groups excluding tert-OH is 1. The molecule has 1 aliphatic heterocycles. The molecule has 3 rings (SSSR count). The topological polar surface area (TPSA) is 109 Å². The Bertz CT molecular complexity index is 1150. The van der Waals surface area contributed by atoms with Crippen molar-refractivity contribution in [3.05, 3.63) is 52.6 Å². The van der Waals surface area contributed by atoms with Crippen LogP contribution in [0.25, 0.3) is 5.76 Å². The van der Waals surface area contributed by atoms with Gasteiger partial charge in [0.1, 0.15) is 11.5 Å². The number of aryl methyl sites for hydroxylation is 1. The standard InChI is InChI=1S/C27H34N2O7/c1-7-28(8-2)11-12-29-23(17-14-20(34-4)26(36-6)21(15-17)35-5)22(25(32)27(29)33)24(31)18-13-16(3)9-10-19(18)30/h9-10,13-15,23,30-31H,7-8,11-12H2,1-6H3. The number of amides is 1. The summed E-state index contributed by atoms with van der Waals surface area (Å²) >= 11 is 0. The summed E-state index contributed by atoms with van der Waals surface area (Å²) in [4.78, 5) is 30.2. The Kier molecular flexibility index (Phi) is 8.47. The van der Waals surface area contributed by atoms with Crippen LogP contribution in [0.4, 0.5) is 0 Å². The number of methoxy groups -OCH3 is 3. The molecular formula is C27H34N2O7. The van der Waals surface area contributed by atoms with E-state index in [9.17, 15) is 19.8 Å². The number of likely N-dealkylation sites (tertiary alicyclic amines) is 1. The highest BCUT2D eigenvalue weighted by atomic mass is 16.5. The van der Waals surface area contributed by atoms with Crippen LogP contribution >= 0.6 is 0 Å². The Morgan fingerprint density at radius 2 is 1.61 bits per heavy atom. The smallest absolute Gasteiger partial charge is 0.295 e. The van der Waals surface area contributed by atoms with Gasteiger partial charge in [-0.15, -0.1) is 0 Å². The van der Waals surface area contributed by atoms with E-state index in [0.717, 1.165) is 18.7 Å². The predicted molar refractivity (Wildman–Crippen MR) is 136 cm³/mol. The second-order valence-electron chi connectivity index (χ2n) is 8.50. The van der Waals surface area contributed by atoms with E-state index in [1.165, 1.54) is 32.3 Å². The number of hydrogen-bond donors (Lipinski definition) is 2. The number of hydrogen-bond acceptors (Lipinski definition) is 8. The summed E-state index contributed by atoms with van der Waals surface area (Å²) in [6.07, 6.45) is 0. The van der Waals surface area contributed by atoms with Gasteiger partial charge in [0.05, 0.1) is 38.5 Å². The normalized spacial score (nSPS) is 17.1. The fourth-order valence-corrected chi connectivity index (χ4v) is 4.49. The van der Waals surface area contributed by atoms with Gasteiger partial charge in [-0.3, -0.25) is 9.59 Å². The first-order valence-electron chi connectivity index (χ1n) is 11.8. The Balaban J connectivity index is 2.26. The minimum atomic E-state index is -0.936. The van der Waals surface area contributed by atoms with Crippen LogP contribution < -0.4 is 14.2 Å². The number of likely N-dealkylation sites (N-methyl/N-ethyl adjacent to an activating group) is 1. The maximum atomic E-state index is 13.3. The first-order chi connectivity index (χ1) is 17.2. The summed E-state index contributed by atoms with van der Waals surface area (Å²) < 4.78 is 16.4. The predicted octanol–water partition coefficient (Wildman–Crippen LogP) is 3.49. The largest absolute Gasteiger partial charge is 0.507 e. The lowest BCUT2D eigenvalue weighted by molar-refractivity contribution is -0.140. The summed E-state index contributed by atoms with van der Waals surface area (Å²) in [5.74, 6) is -1.14. The van der Waals surface area contributed by atoms with E-state index < -0.39 is 23.5 Å². The monoisotopic (exact) mass is 498 g/mol. The molecule has 1 aliphatic rings. The summed E-state index contributed by atoms with van der Waals surface area (Å²) in [7, 11) is 4.43. The lowest BCUT2D eigenvalue weighted by Gasteiger charge is -2.29. The quantitative estimate of drug-likeness (QED) is 0.291. The molecule has 1 unspecified atom stereocenters. The van der Waals surface area contributed by atoms with Crippen LogP contribution in [0, 0.1) is 6.92 Å². The number of aliphatic hydroxyl groups is 1. The Labute approximate surface area is 211 Å². The van der Waals surface area contributed by atoms with Gasteiger partial charge in [-0.25, -0.2) is 0 Å². The number of phenols is 1. The van der Waals surface area contributed by atoms with Crippen molar-refractivity contribution in [2.75, 3.05) is 47.5 Å². The summed E-state index contributed by atoms with van der Waals surface area (Å²) in [5.41, 5.74) is 1.23.